The van der Waals surface area contributed by atoms with Crippen LogP contribution in [0.3, 0.4) is 0 Å². The molecule has 0 bridgehead atoms. The molecule has 0 fully saturated rings. The van der Waals surface area contributed by atoms with Crippen LogP contribution in [-0.2, 0) is 6.61 Å². The first kappa shape index (κ1) is 10.6. The molecule has 3 nitrogen and oxygen atoms in total. The van der Waals surface area contributed by atoms with Crippen molar-refractivity contribution in [2.24, 2.45) is 0 Å². The summed E-state index contributed by atoms with van der Waals surface area (Å²) >= 11 is 1.53. The van der Waals surface area contributed by atoms with Crippen LogP contribution >= 0.6 is 11.3 Å². The number of fused-ring (bicyclic) bond motifs is 1. The predicted molar refractivity (Wildman–Crippen MR) is 66.7 cm³/mol. The second-order valence-electron chi connectivity index (χ2n) is 3.73. The fraction of sp³-hybridized carbons (Fsp3) is 0.231. The van der Waals surface area contributed by atoms with Crippen molar-refractivity contribution < 1.29 is 14.6 Å². The summed E-state index contributed by atoms with van der Waals surface area (Å²) in [5, 5.41) is 9.33. The van der Waals surface area contributed by atoms with Gasteiger partial charge < -0.3 is 14.6 Å². The monoisotopic (exact) mass is 248 g/mol. The number of aliphatic hydroxyl groups excluding tert-OH is 1. The van der Waals surface area contributed by atoms with Crippen molar-refractivity contribution in [1.29, 1.82) is 0 Å². The van der Waals surface area contributed by atoms with Crippen LogP contribution in [0.1, 0.15) is 4.88 Å². The van der Waals surface area contributed by atoms with E-state index in [1.165, 1.54) is 11.3 Å². The van der Waals surface area contributed by atoms with E-state index in [9.17, 15) is 5.11 Å². The van der Waals surface area contributed by atoms with Gasteiger partial charge in [0.1, 0.15) is 13.2 Å². The second kappa shape index (κ2) is 4.39. The van der Waals surface area contributed by atoms with E-state index in [-0.39, 0.29) is 6.61 Å². The molecule has 0 spiro atoms. The van der Waals surface area contributed by atoms with Crippen molar-refractivity contribution in [1.82, 2.24) is 0 Å². The van der Waals surface area contributed by atoms with Gasteiger partial charge >= 0.3 is 0 Å². The molecule has 0 unspecified atom stereocenters. The zero-order chi connectivity index (χ0) is 11.7. The van der Waals surface area contributed by atoms with Crippen molar-refractivity contribution in [3.8, 4) is 21.9 Å². The van der Waals surface area contributed by atoms with Gasteiger partial charge in [-0.1, -0.05) is 30.3 Å². The van der Waals surface area contributed by atoms with Crippen LogP contribution < -0.4 is 9.47 Å². The van der Waals surface area contributed by atoms with Crippen molar-refractivity contribution >= 4 is 11.3 Å². The van der Waals surface area contributed by atoms with E-state index in [0.717, 1.165) is 21.1 Å². The van der Waals surface area contributed by atoms with E-state index < -0.39 is 0 Å². The molecule has 0 amide bonds. The van der Waals surface area contributed by atoms with E-state index in [1.807, 2.05) is 30.3 Å². The molecule has 0 atom stereocenters. The maximum atomic E-state index is 9.33. The van der Waals surface area contributed by atoms with E-state index in [2.05, 4.69) is 0 Å². The normalized spacial score (nSPS) is 13.7. The van der Waals surface area contributed by atoms with Crippen LogP contribution in [0.2, 0.25) is 0 Å². The van der Waals surface area contributed by atoms with E-state index >= 15 is 0 Å². The SMILES string of the molecule is OCc1sc(-c2ccccc2)c2c1OCCO2. The highest BCUT2D eigenvalue weighted by molar-refractivity contribution is 7.16. The predicted octanol–water partition coefficient (Wildman–Crippen LogP) is 2.68. The molecule has 0 saturated carbocycles. The van der Waals surface area contributed by atoms with Gasteiger partial charge in [-0.05, 0) is 5.56 Å². The maximum absolute atomic E-state index is 9.33. The molecule has 2 heterocycles. The van der Waals surface area contributed by atoms with Gasteiger partial charge in [0.2, 0.25) is 0 Å². The van der Waals surface area contributed by atoms with Gasteiger partial charge in [-0.15, -0.1) is 11.3 Å². The Balaban J connectivity index is 2.14. The molecule has 1 aromatic carbocycles. The number of aliphatic hydroxyl groups is 1. The number of rotatable bonds is 2. The number of thiophene rings is 1. The molecule has 1 aromatic heterocycles. The van der Waals surface area contributed by atoms with Crippen molar-refractivity contribution in [2.75, 3.05) is 13.2 Å². The van der Waals surface area contributed by atoms with Gasteiger partial charge in [-0.3, -0.25) is 0 Å². The quantitative estimate of drug-likeness (QED) is 0.888. The molecule has 0 aliphatic carbocycles. The second-order valence-corrected chi connectivity index (χ2v) is 4.84. The Morgan fingerprint density at radius 3 is 2.47 bits per heavy atom. The molecule has 17 heavy (non-hydrogen) atoms. The van der Waals surface area contributed by atoms with Crippen LogP contribution in [0.5, 0.6) is 11.5 Å². The molecule has 0 saturated heterocycles. The van der Waals surface area contributed by atoms with Crippen LogP contribution in [0.25, 0.3) is 10.4 Å². The van der Waals surface area contributed by atoms with Gasteiger partial charge in [0.25, 0.3) is 0 Å². The lowest BCUT2D eigenvalue weighted by atomic mass is 10.2. The maximum Gasteiger partial charge on any atom is 0.180 e. The standard InChI is InChI=1S/C13H12O3S/c14-8-10-11-12(16-7-6-15-11)13(17-10)9-4-2-1-3-5-9/h1-5,14H,6-8H2. The van der Waals surface area contributed by atoms with Gasteiger partial charge in [0.15, 0.2) is 11.5 Å². The van der Waals surface area contributed by atoms with E-state index in [1.54, 1.807) is 0 Å². The number of hydrogen-bond acceptors (Lipinski definition) is 4. The average molecular weight is 248 g/mol. The Kier molecular flexibility index (Phi) is 2.74. The molecule has 3 rings (SSSR count). The third kappa shape index (κ3) is 1.79. The zero-order valence-corrected chi connectivity index (χ0v) is 10.00. The molecular formula is C13H12O3S. The topological polar surface area (TPSA) is 38.7 Å². The Morgan fingerprint density at radius 2 is 1.76 bits per heavy atom. The highest BCUT2D eigenvalue weighted by atomic mass is 32.1. The van der Waals surface area contributed by atoms with Gasteiger partial charge in [0.05, 0.1) is 16.4 Å². The Bertz CT molecular complexity index is 519. The van der Waals surface area contributed by atoms with Crippen LogP contribution in [0.4, 0.5) is 0 Å². The van der Waals surface area contributed by atoms with Crippen molar-refractivity contribution in [3.63, 3.8) is 0 Å². The summed E-state index contributed by atoms with van der Waals surface area (Å²) < 4.78 is 11.2. The zero-order valence-electron chi connectivity index (χ0n) is 9.18. The molecule has 1 aliphatic rings. The third-order valence-electron chi connectivity index (χ3n) is 2.65. The van der Waals surface area contributed by atoms with Crippen LogP contribution in [-0.4, -0.2) is 18.3 Å². The Hall–Kier alpha value is -1.52. The molecule has 4 heteroatoms. The molecule has 2 aromatic rings. The third-order valence-corrected chi connectivity index (χ3v) is 3.83. The van der Waals surface area contributed by atoms with Crippen molar-refractivity contribution in [3.05, 3.63) is 35.2 Å². The summed E-state index contributed by atoms with van der Waals surface area (Å²) in [5.41, 5.74) is 1.10. The lowest BCUT2D eigenvalue weighted by Gasteiger charge is -2.16. The fourth-order valence-electron chi connectivity index (χ4n) is 1.89. The Morgan fingerprint density at radius 1 is 1.06 bits per heavy atom. The highest BCUT2D eigenvalue weighted by Crippen LogP contribution is 2.49. The molecule has 1 N–H and O–H groups in total. The van der Waals surface area contributed by atoms with Crippen LogP contribution in [0, 0.1) is 0 Å². The minimum atomic E-state index is -0.0107. The number of ether oxygens (including phenoxy) is 2. The molecule has 1 aliphatic heterocycles. The van der Waals surface area contributed by atoms with Gasteiger partial charge in [-0.2, -0.15) is 0 Å². The Labute approximate surface area is 103 Å². The lowest BCUT2D eigenvalue weighted by Crippen LogP contribution is -2.15. The summed E-state index contributed by atoms with van der Waals surface area (Å²) in [5.74, 6) is 1.49. The van der Waals surface area contributed by atoms with E-state index in [0.29, 0.717) is 19.0 Å². The lowest BCUT2D eigenvalue weighted by molar-refractivity contribution is 0.169. The molecular weight excluding hydrogens is 236 g/mol. The average Bonchev–Trinajstić information content (AvgIpc) is 2.78. The summed E-state index contributed by atoms with van der Waals surface area (Å²) in [7, 11) is 0. The summed E-state index contributed by atoms with van der Waals surface area (Å²) in [4.78, 5) is 1.86. The van der Waals surface area contributed by atoms with Crippen LogP contribution in [0.15, 0.2) is 30.3 Å². The number of benzene rings is 1. The summed E-state index contributed by atoms with van der Waals surface area (Å²) in [6.07, 6.45) is 0. The smallest absolute Gasteiger partial charge is 0.180 e. The molecule has 88 valence electrons. The fourth-order valence-corrected chi connectivity index (χ4v) is 2.95. The minimum Gasteiger partial charge on any atom is -0.485 e. The summed E-state index contributed by atoms with van der Waals surface area (Å²) in [6, 6.07) is 10.0. The van der Waals surface area contributed by atoms with E-state index in [4.69, 9.17) is 9.47 Å². The first-order valence-corrected chi connectivity index (χ1v) is 6.29. The largest absolute Gasteiger partial charge is 0.485 e. The first-order chi connectivity index (χ1) is 8.40. The minimum absolute atomic E-state index is 0.0107. The van der Waals surface area contributed by atoms with Crippen molar-refractivity contribution in [2.45, 2.75) is 6.61 Å². The van der Waals surface area contributed by atoms with Gasteiger partial charge in [-0.25, -0.2) is 0 Å². The first-order valence-electron chi connectivity index (χ1n) is 5.47. The number of hydrogen-bond donors (Lipinski definition) is 1. The highest BCUT2D eigenvalue weighted by Gasteiger charge is 2.24. The molecule has 0 radical (unpaired) electrons. The summed E-state index contributed by atoms with van der Waals surface area (Å²) in [6.45, 7) is 1.10. The van der Waals surface area contributed by atoms with Gasteiger partial charge in [0, 0.05) is 0 Å².